The lowest BCUT2D eigenvalue weighted by atomic mass is 10.1. The van der Waals surface area contributed by atoms with Gasteiger partial charge in [0.2, 0.25) is 0 Å². The highest BCUT2D eigenvalue weighted by molar-refractivity contribution is 9.11. The van der Waals surface area contributed by atoms with Gasteiger partial charge in [0.05, 0.1) is 5.69 Å². The third kappa shape index (κ3) is 2.61. The first-order valence-electron chi connectivity index (χ1n) is 4.88. The van der Waals surface area contributed by atoms with Crippen LogP contribution in [0.2, 0.25) is 0 Å². The third-order valence-corrected chi connectivity index (χ3v) is 3.73. The summed E-state index contributed by atoms with van der Waals surface area (Å²) >= 11 is 6.99. The molecule has 0 radical (unpaired) electrons. The van der Waals surface area contributed by atoms with Crippen molar-refractivity contribution >= 4 is 43.3 Å². The van der Waals surface area contributed by atoms with Crippen molar-refractivity contribution in [2.45, 2.75) is 12.8 Å². The molecule has 0 spiro atoms. The van der Waals surface area contributed by atoms with E-state index in [0.29, 0.717) is 18.6 Å². The second-order valence-electron chi connectivity index (χ2n) is 3.62. The largest absolute Gasteiger partial charge is 0.370 e. The molecule has 2 nitrogen and oxygen atoms in total. The van der Waals surface area contributed by atoms with Crippen molar-refractivity contribution in [2.75, 3.05) is 18.0 Å². The Morgan fingerprint density at radius 3 is 2.47 bits per heavy atom. The molecule has 1 aliphatic rings. The molecule has 1 heterocycles. The number of ketones is 1. The van der Waals surface area contributed by atoms with Crippen LogP contribution in [0.15, 0.2) is 27.1 Å². The average Bonchev–Trinajstić information content (AvgIpc) is 2.23. The number of piperidine rings is 1. The lowest BCUT2D eigenvalue weighted by Crippen LogP contribution is -2.33. The van der Waals surface area contributed by atoms with Crippen molar-refractivity contribution in [1.82, 2.24) is 0 Å². The smallest absolute Gasteiger partial charge is 0.136 e. The van der Waals surface area contributed by atoms with E-state index in [9.17, 15) is 4.79 Å². The molecule has 1 aromatic rings. The van der Waals surface area contributed by atoms with E-state index in [2.05, 4.69) is 42.8 Å². The van der Waals surface area contributed by atoms with Crippen LogP contribution in [0.3, 0.4) is 0 Å². The fourth-order valence-electron chi connectivity index (χ4n) is 1.73. The van der Waals surface area contributed by atoms with E-state index in [4.69, 9.17) is 0 Å². The molecule has 0 aliphatic carbocycles. The number of Topliss-reactive ketones (excluding diaryl/α,β-unsaturated/α-hetero) is 1. The Morgan fingerprint density at radius 1 is 1.13 bits per heavy atom. The number of benzene rings is 1. The highest BCUT2D eigenvalue weighted by atomic mass is 79.9. The zero-order valence-corrected chi connectivity index (χ0v) is 11.3. The van der Waals surface area contributed by atoms with Crippen LogP contribution in [-0.2, 0) is 4.79 Å². The number of halogens is 2. The first kappa shape index (κ1) is 11.1. The van der Waals surface area contributed by atoms with Crippen molar-refractivity contribution in [3.05, 3.63) is 27.1 Å². The Kier molecular flexibility index (Phi) is 3.46. The van der Waals surface area contributed by atoms with Crippen LogP contribution in [0.5, 0.6) is 0 Å². The van der Waals surface area contributed by atoms with Gasteiger partial charge < -0.3 is 4.90 Å². The van der Waals surface area contributed by atoms with Crippen molar-refractivity contribution < 1.29 is 4.79 Å². The normalized spacial score (nSPS) is 16.9. The van der Waals surface area contributed by atoms with Crippen LogP contribution < -0.4 is 4.90 Å². The lowest BCUT2D eigenvalue weighted by Gasteiger charge is -2.29. The van der Waals surface area contributed by atoms with E-state index in [1.807, 2.05) is 12.1 Å². The number of hydrogen-bond donors (Lipinski definition) is 0. The molecule has 0 bridgehead atoms. The molecular formula is C11H11Br2NO. The lowest BCUT2D eigenvalue weighted by molar-refractivity contribution is -0.119. The summed E-state index contributed by atoms with van der Waals surface area (Å²) in [7, 11) is 0. The number of rotatable bonds is 1. The fraction of sp³-hybridized carbons (Fsp3) is 0.364. The maximum atomic E-state index is 11.1. The molecule has 0 N–H and O–H groups in total. The molecule has 1 fully saturated rings. The molecule has 2 rings (SSSR count). The predicted molar refractivity (Wildman–Crippen MR) is 68.3 cm³/mol. The quantitative estimate of drug-likeness (QED) is 0.785. The molecule has 1 saturated heterocycles. The van der Waals surface area contributed by atoms with Crippen LogP contribution in [0.1, 0.15) is 12.8 Å². The fourth-order valence-corrected chi connectivity index (χ4v) is 2.57. The summed E-state index contributed by atoms with van der Waals surface area (Å²) in [6.45, 7) is 1.65. The van der Waals surface area contributed by atoms with Crippen LogP contribution in [0.25, 0.3) is 0 Å². The first-order valence-corrected chi connectivity index (χ1v) is 6.47. The van der Waals surface area contributed by atoms with Crippen LogP contribution in [-0.4, -0.2) is 18.9 Å². The molecule has 1 aromatic carbocycles. The van der Waals surface area contributed by atoms with Gasteiger partial charge in [-0.25, -0.2) is 0 Å². The first-order chi connectivity index (χ1) is 7.16. The molecular weight excluding hydrogens is 322 g/mol. The number of carbonyl (C=O) groups is 1. The van der Waals surface area contributed by atoms with E-state index in [-0.39, 0.29) is 0 Å². The highest BCUT2D eigenvalue weighted by Crippen LogP contribution is 2.30. The minimum absolute atomic E-state index is 0.373. The molecule has 0 atom stereocenters. The molecule has 0 saturated carbocycles. The number of hydrogen-bond acceptors (Lipinski definition) is 2. The minimum atomic E-state index is 0.373. The van der Waals surface area contributed by atoms with Crippen LogP contribution >= 0.6 is 31.9 Å². The Labute approximate surface area is 106 Å². The Bertz CT molecular complexity index is 382. The summed E-state index contributed by atoms with van der Waals surface area (Å²) in [5.41, 5.74) is 1.16. The zero-order valence-electron chi connectivity index (χ0n) is 8.17. The van der Waals surface area contributed by atoms with Gasteiger partial charge in [0.15, 0.2) is 0 Å². The molecule has 0 amide bonds. The standard InChI is InChI=1S/C11H11Br2NO/c12-8-1-2-10(13)11(7-8)14-5-3-9(15)4-6-14/h1-2,7H,3-6H2. The summed E-state index contributed by atoms with van der Waals surface area (Å²) in [6, 6.07) is 6.11. The maximum Gasteiger partial charge on any atom is 0.136 e. The van der Waals surface area contributed by atoms with Gasteiger partial charge in [0, 0.05) is 34.9 Å². The summed E-state index contributed by atoms with van der Waals surface area (Å²) < 4.78 is 2.15. The number of nitrogens with zero attached hydrogens (tertiary/aromatic N) is 1. The van der Waals surface area contributed by atoms with Gasteiger partial charge in [0.25, 0.3) is 0 Å². The van der Waals surface area contributed by atoms with Crippen LogP contribution in [0.4, 0.5) is 5.69 Å². The van der Waals surface area contributed by atoms with Crippen molar-refractivity contribution in [3.63, 3.8) is 0 Å². The van der Waals surface area contributed by atoms with Gasteiger partial charge in [-0.3, -0.25) is 4.79 Å². The second kappa shape index (κ2) is 4.66. The molecule has 0 aromatic heterocycles. The monoisotopic (exact) mass is 331 g/mol. The Hall–Kier alpha value is -0.350. The van der Waals surface area contributed by atoms with Crippen molar-refractivity contribution in [3.8, 4) is 0 Å². The zero-order chi connectivity index (χ0) is 10.8. The summed E-state index contributed by atoms with van der Waals surface area (Å²) in [5.74, 6) is 0.373. The minimum Gasteiger partial charge on any atom is -0.370 e. The number of anilines is 1. The van der Waals surface area contributed by atoms with Crippen molar-refractivity contribution in [2.24, 2.45) is 0 Å². The van der Waals surface area contributed by atoms with Crippen LogP contribution in [0, 0.1) is 0 Å². The molecule has 1 aliphatic heterocycles. The van der Waals surface area contributed by atoms with Crippen molar-refractivity contribution in [1.29, 1.82) is 0 Å². The molecule has 4 heteroatoms. The van der Waals surface area contributed by atoms with E-state index in [1.165, 1.54) is 0 Å². The Balaban J connectivity index is 2.21. The van der Waals surface area contributed by atoms with Gasteiger partial charge in [0.1, 0.15) is 5.78 Å². The van der Waals surface area contributed by atoms with E-state index in [1.54, 1.807) is 0 Å². The SMILES string of the molecule is O=C1CCN(c2cc(Br)ccc2Br)CC1. The topological polar surface area (TPSA) is 20.3 Å². The second-order valence-corrected chi connectivity index (χ2v) is 5.39. The molecule has 80 valence electrons. The van der Waals surface area contributed by atoms with E-state index < -0.39 is 0 Å². The summed E-state index contributed by atoms with van der Waals surface area (Å²) in [6.07, 6.45) is 1.33. The van der Waals surface area contributed by atoms with Gasteiger partial charge in [-0.1, -0.05) is 15.9 Å². The Morgan fingerprint density at radius 2 is 1.80 bits per heavy atom. The third-order valence-electron chi connectivity index (χ3n) is 2.57. The molecule has 15 heavy (non-hydrogen) atoms. The summed E-state index contributed by atoms with van der Waals surface area (Å²) in [5, 5.41) is 0. The van der Waals surface area contributed by atoms with Gasteiger partial charge in [-0.15, -0.1) is 0 Å². The highest BCUT2D eigenvalue weighted by Gasteiger charge is 2.18. The van der Waals surface area contributed by atoms with Gasteiger partial charge in [-0.05, 0) is 34.1 Å². The van der Waals surface area contributed by atoms with E-state index in [0.717, 1.165) is 27.7 Å². The maximum absolute atomic E-state index is 11.1. The van der Waals surface area contributed by atoms with Gasteiger partial charge in [-0.2, -0.15) is 0 Å². The average molecular weight is 333 g/mol. The molecule has 0 unspecified atom stereocenters. The number of carbonyl (C=O) groups excluding carboxylic acids is 1. The van der Waals surface area contributed by atoms with Gasteiger partial charge >= 0.3 is 0 Å². The predicted octanol–water partition coefficient (Wildman–Crippen LogP) is 3.38. The van der Waals surface area contributed by atoms with E-state index >= 15 is 0 Å². The summed E-state index contributed by atoms with van der Waals surface area (Å²) in [4.78, 5) is 13.4.